The lowest BCUT2D eigenvalue weighted by molar-refractivity contribution is 0.0892. The largest absolute Gasteiger partial charge is 0.507 e. The van der Waals surface area contributed by atoms with Crippen LogP contribution in [0.2, 0.25) is 0 Å². The lowest BCUT2D eigenvalue weighted by Gasteiger charge is -2.07. The van der Waals surface area contributed by atoms with Gasteiger partial charge in [-0.05, 0) is 72.8 Å². The lowest BCUT2D eigenvalue weighted by Crippen LogP contribution is -2.08. The van der Waals surface area contributed by atoms with E-state index in [9.17, 15) is 24.6 Å². The quantitative estimate of drug-likeness (QED) is 0.136. The Kier molecular flexibility index (Phi) is 10.8. The normalized spacial score (nSPS) is 10.3. The number of benzene rings is 4. The van der Waals surface area contributed by atoms with Crippen molar-refractivity contribution in [3.63, 3.8) is 0 Å². The predicted octanol–water partition coefficient (Wildman–Crippen LogP) is 6.16. The van der Waals surface area contributed by atoms with Crippen LogP contribution < -0.4 is 14.2 Å². The Labute approximate surface area is 238 Å². The maximum Gasteiger partial charge on any atom is 0.189 e. The molecule has 0 atom stereocenters. The summed E-state index contributed by atoms with van der Waals surface area (Å²) in [4.78, 5) is 36.0. The first-order chi connectivity index (χ1) is 19.8. The molecule has 0 aliphatic heterocycles. The molecule has 41 heavy (non-hydrogen) atoms. The molecule has 0 radical (unpaired) electrons. The topological polar surface area (TPSA) is 119 Å². The number of hydrogen-bond acceptors (Lipinski definition) is 8. The van der Waals surface area contributed by atoms with Crippen LogP contribution in [0.1, 0.15) is 43.1 Å². The van der Waals surface area contributed by atoms with E-state index in [1.165, 1.54) is 24.3 Å². The third-order valence-corrected chi connectivity index (χ3v) is 5.96. The molecule has 0 aliphatic carbocycles. The van der Waals surface area contributed by atoms with E-state index in [0.29, 0.717) is 22.8 Å². The van der Waals surface area contributed by atoms with Gasteiger partial charge in [-0.15, -0.1) is 0 Å². The van der Waals surface area contributed by atoms with Gasteiger partial charge in [0.15, 0.2) is 17.3 Å². The van der Waals surface area contributed by atoms with Gasteiger partial charge in [-0.3, -0.25) is 14.4 Å². The van der Waals surface area contributed by atoms with Crippen molar-refractivity contribution < 1.29 is 38.8 Å². The summed E-state index contributed by atoms with van der Waals surface area (Å²) in [6.45, 7) is 0. The molecule has 8 heteroatoms. The Bertz CT molecular complexity index is 1540. The average Bonchev–Trinajstić information content (AvgIpc) is 3.00. The Morgan fingerprint density at radius 3 is 1.78 bits per heavy atom. The van der Waals surface area contributed by atoms with Gasteiger partial charge in [0.2, 0.25) is 0 Å². The highest BCUT2D eigenvalue weighted by atomic mass is 16.5. The minimum absolute atomic E-state index is 0.0335. The Balaban J connectivity index is 0.000000226. The Morgan fingerprint density at radius 1 is 0.659 bits per heavy atom. The first-order valence-corrected chi connectivity index (χ1v) is 12.5. The van der Waals surface area contributed by atoms with Crippen molar-refractivity contribution in [3.05, 3.63) is 119 Å². The molecule has 0 fully saturated rings. The van der Waals surface area contributed by atoms with Crippen LogP contribution in [0, 0.1) is 0 Å². The van der Waals surface area contributed by atoms with E-state index in [0.717, 1.165) is 5.56 Å². The maximum atomic E-state index is 12.0. The summed E-state index contributed by atoms with van der Waals surface area (Å²) < 4.78 is 15.4. The van der Waals surface area contributed by atoms with E-state index in [-0.39, 0.29) is 40.6 Å². The molecule has 0 saturated carbocycles. The smallest absolute Gasteiger partial charge is 0.189 e. The first-order valence-electron chi connectivity index (χ1n) is 12.5. The fraction of sp³-hybridized carbons (Fsp3) is 0.121. The molecule has 0 aromatic heterocycles. The van der Waals surface area contributed by atoms with Crippen molar-refractivity contribution in [1.29, 1.82) is 0 Å². The Morgan fingerprint density at radius 2 is 1.22 bits per heavy atom. The summed E-state index contributed by atoms with van der Waals surface area (Å²) >= 11 is 0. The molecule has 0 heterocycles. The van der Waals surface area contributed by atoms with Crippen LogP contribution in [0.15, 0.2) is 97.1 Å². The number of methoxy groups -OCH3 is 3. The minimum Gasteiger partial charge on any atom is -0.507 e. The van der Waals surface area contributed by atoms with Crippen LogP contribution in [-0.4, -0.2) is 48.9 Å². The third kappa shape index (κ3) is 8.31. The highest BCUT2D eigenvalue weighted by Crippen LogP contribution is 2.26. The van der Waals surface area contributed by atoms with Gasteiger partial charge in [-0.2, -0.15) is 0 Å². The molecule has 4 aromatic carbocycles. The predicted molar refractivity (Wildman–Crippen MR) is 155 cm³/mol. The number of aromatic hydroxyl groups is 2. The fourth-order valence-electron chi connectivity index (χ4n) is 3.72. The summed E-state index contributed by atoms with van der Waals surface area (Å²) in [5.41, 5.74) is 1.62. The van der Waals surface area contributed by atoms with Crippen LogP contribution in [0.25, 0.3) is 6.08 Å². The second kappa shape index (κ2) is 14.7. The van der Waals surface area contributed by atoms with E-state index in [4.69, 9.17) is 14.2 Å². The molecular formula is C33H30O8. The number of rotatable bonds is 10. The molecular weight excluding hydrogens is 524 g/mol. The molecule has 0 amide bonds. The van der Waals surface area contributed by atoms with E-state index in [2.05, 4.69) is 0 Å². The van der Waals surface area contributed by atoms with Crippen LogP contribution in [0.3, 0.4) is 0 Å². The van der Waals surface area contributed by atoms with E-state index < -0.39 is 5.78 Å². The molecule has 0 saturated heterocycles. The zero-order chi connectivity index (χ0) is 29.8. The van der Waals surface area contributed by atoms with E-state index in [1.807, 2.05) is 0 Å². The molecule has 0 spiro atoms. The van der Waals surface area contributed by atoms with Gasteiger partial charge in [0.25, 0.3) is 0 Å². The maximum absolute atomic E-state index is 12.0. The third-order valence-electron chi connectivity index (χ3n) is 5.96. The minimum atomic E-state index is -0.399. The van der Waals surface area contributed by atoms with Crippen molar-refractivity contribution in [2.75, 3.05) is 21.3 Å². The molecule has 0 aliphatic rings. The molecule has 2 N–H and O–H groups in total. The van der Waals surface area contributed by atoms with Crippen molar-refractivity contribution >= 4 is 23.4 Å². The average molecular weight is 555 g/mol. The van der Waals surface area contributed by atoms with Gasteiger partial charge in [0, 0.05) is 17.2 Å². The second-order valence-electron chi connectivity index (χ2n) is 8.59. The number of hydrogen-bond donors (Lipinski definition) is 2. The summed E-state index contributed by atoms with van der Waals surface area (Å²) in [6.07, 6.45) is 2.77. The van der Waals surface area contributed by atoms with Crippen LogP contribution in [0.4, 0.5) is 0 Å². The zero-order valence-electron chi connectivity index (χ0n) is 22.9. The first kappa shape index (κ1) is 30.2. The zero-order valence-corrected chi connectivity index (χ0v) is 22.9. The van der Waals surface area contributed by atoms with Crippen LogP contribution in [-0.2, 0) is 0 Å². The highest BCUT2D eigenvalue weighted by molar-refractivity contribution is 6.14. The summed E-state index contributed by atoms with van der Waals surface area (Å²) in [7, 11) is 4.67. The molecule has 0 unspecified atom stereocenters. The number of carbonyl (C=O) groups is 3. The van der Waals surface area contributed by atoms with Crippen LogP contribution in [0.5, 0.6) is 28.7 Å². The number of Topliss-reactive ketones (excluding diaryl/α,β-unsaturated/α-hetero) is 2. The second-order valence-corrected chi connectivity index (χ2v) is 8.59. The van der Waals surface area contributed by atoms with Gasteiger partial charge in [0.1, 0.15) is 28.7 Å². The number of allylic oxidation sites excluding steroid dienone is 1. The highest BCUT2D eigenvalue weighted by Gasteiger charge is 2.16. The van der Waals surface area contributed by atoms with Crippen molar-refractivity contribution in [2.24, 2.45) is 0 Å². The summed E-state index contributed by atoms with van der Waals surface area (Å²) in [5, 5.41) is 19.2. The van der Waals surface area contributed by atoms with Crippen LogP contribution >= 0.6 is 0 Å². The standard InChI is InChI=1S/C17H16O4.C16H14O4/c1-20-13-9-7-12(17(11-13)21-2)8-10-16(19)14-5-3-4-6-15(14)18;1-20-12-8-6-11(7-9-12)15(18)10-16(19)13-4-2-3-5-14(13)17/h3-11,18H,1-2H3;2-9,17H,10H2,1H3. The monoisotopic (exact) mass is 554 g/mol. The van der Waals surface area contributed by atoms with Gasteiger partial charge < -0.3 is 24.4 Å². The van der Waals surface area contributed by atoms with Gasteiger partial charge in [-0.1, -0.05) is 24.3 Å². The van der Waals surface area contributed by atoms with E-state index >= 15 is 0 Å². The lowest BCUT2D eigenvalue weighted by atomic mass is 10.0. The number of ketones is 3. The van der Waals surface area contributed by atoms with Gasteiger partial charge >= 0.3 is 0 Å². The fourth-order valence-corrected chi connectivity index (χ4v) is 3.72. The number of para-hydroxylation sites is 2. The summed E-state index contributed by atoms with van der Waals surface area (Å²) in [6, 6.07) is 24.5. The number of carbonyl (C=O) groups excluding carboxylic acids is 3. The molecule has 210 valence electrons. The summed E-state index contributed by atoms with van der Waals surface area (Å²) in [5.74, 6) is 0.824. The van der Waals surface area contributed by atoms with E-state index in [1.54, 1.807) is 100 Å². The molecule has 8 nitrogen and oxygen atoms in total. The Hall–Kier alpha value is -5.37. The molecule has 4 rings (SSSR count). The van der Waals surface area contributed by atoms with Crippen molar-refractivity contribution in [3.8, 4) is 28.7 Å². The van der Waals surface area contributed by atoms with Gasteiger partial charge in [0.05, 0.1) is 38.9 Å². The number of phenols is 2. The number of phenolic OH excluding ortho intramolecular Hbond substituents is 2. The van der Waals surface area contributed by atoms with Gasteiger partial charge in [-0.25, -0.2) is 0 Å². The van der Waals surface area contributed by atoms with Crippen molar-refractivity contribution in [2.45, 2.75) is 6.42 Å². The SMILES string of the molecule is COc1ccc(C(=O)CC(=O)c2ccccc2O)cc1.COc1ccc(C=CC(=O)c2ccccc2O)c(OC)c1. The molecule has 0 bridgehead atoms. The molecule has 4 aromatic rings. The van der Waals surface area contributed by atoms with Crippen molar-refractivity contribution in [1.82, 2.24) is 0 Å². The number of ether oxygens (including phenoxy) is 3.